The third-order valence-electron chi connectivity index (χ3n) is 8.95. The SMILES string of the molecule is COC(n1cncn1)[C@](OC(=O)c1ccccc1CN1CCN(C)CC1)(c1ccc(F)cc1F)[C@@H](C)c1nc(-c2ccc(C#N)cc2)cs1. The van der Waals surface area contributed by atoms with E-state index in [-0.39, 0.29) is 5.56 Å². The van der Waals surface area contributed by atoms with Crippen LogP contribution in [0.2, 0.25) is 0 Å². The molecule has 13 heteroatoms. The van der Waals surface area contributed by atoms with Crippen LogP contribution in [0.15, 0.2) is 84.8 Å². The predicted molar refractivity (Wildman–Crippen MR) is 179 cm³/mol. The number of piperazine rings is 1. The highest BCUT2D eigenvalue weighted by molar-refractivity contribution is 7.10. The summed E-state index contributed by atoms with van der Waals surface area (Å²) in [5, 5.41) is 15.9. The van der Waals surface area contributed by atoms with Gasteiger partial charge in [0.25, 0.3) is 0 Å². The second-order valence-corrected chi connectivity index (χ2v) is 12.9. The molecule has 49 heavy (non-hydrogen) atoms. The maximum Gasteiger partial charge on any atom is 0.339 e. The number of halogens is 2. The van der Waals surface area contributed by atoms with Crippen LogP contribution in [0.25, 0.3) is 11.3 Å². The lowest BCUT2D eigenvalue weighted by atomic mass is 9.79. The van der Waals surface area contributed by atoms with Crippen LogP contribution in [0, 0.1) is 23.0 Å². The highest BCUT2D eigenvalue weighted by Crippen LogP contribution is 2.50. The van der Waals surface area contributed by atoms with Gasteiger partial charge in [-0.3, -0.25) is 4.90 Å². The smallest absolute Gasteiger partial charge is 0.339 e. The van der Waals surface area contributed by atoms with Gasteiger partial charge in [-0.2, -0.15) is 10.4 Å². The zero-order valence-electron chi connectivity index (χ0n) is 27.3. The molecule has 0 aliphatic carbocycles. The van der Waals surface area contributed by atoms with E-state index in [1.807, 2.05) is 17.5 Å². The highest BCUT2D eigenvalue weighted by Gasteiger charge is 2.54. The minimum Gasteiger partial charge on any atom is -0.445 e. The molecular formula is C36H35F2N7O3S. The second-order valence-electron chi connectivity index (χ2n) is 12.0. The first-order valence-electron chi connectivity index (χ1n) is 15.7. The number of hydrogen-bond donors (Lipinski definition) is 0. The standard InChI is InChI=1S/C36H35F2N7O3S/c1-24(33-42-32(21-49-33)26-10-8-25(19-39)9-11-26)36(30-13-12-28(37)18-31(30)38,35(47-3)45-23-40-22-41-45)48-34(46)29-7-5-4-6-27(29)20-44-16-14-43(2)15-17-44/h4-13,18,21-24,35H,14-17,20H2,1-3H3/t24-,35?,36+/m0/s1. The van der Waals surface area contributed by atoms with Crippen LogP contribution in [0.1, 0.15) is 51.1 Å². The monoisotopic (exact) mass is 683 g/mol. The van der Waals surface area contributed by atoms with Crippen molar-refractivity contribution in [2.75, 3.05) is 40.3 Å². The van der Waals surface area contributed by atoms with Gasteiger partial charge >= 0.3 is 5.97 Å². The van der Waals surface area contributed by atoms with Gasteiger partial charge in [0.15, 0.2) is 11.8 Å². The van der Waals surface area contributed by atoms with E-state index in [1.165, 1.54) is 41.8 Å². The van der Waals surface area contributed by atoms with E-state index in [9.17, 15) is 14.4 Å². The molecule has 10 nitrogen and oxygen atoms in total. The minimum absolute atomic E-state index is 0.122. The third-order valence-corrected chi connectivity index (χ3v) is 9.98. The fraction of sp³-hybridized carbons (Fsp3) is 0.306. The summed E-state index contributed by atoms with van der Waals surface area (Å²) < 4.78 is 44.6. The second kappa shape index (κ2) is 14.7. The Bertz CT molecular complexity index is 1940. The molecule has 0 N–H and O–H groups in total. The number of nitriles is 1. The molecule has 0 saturated carbocycles. The van der Waals surface area contributed by atoms with Crippen LogP contribution in [-0.2, 0) is 21.6 Å². The number of hydrogen-bond acceptors (Lipinski definition) is 10. The van der Waals surface area contributed by atoms with E-state index >= 15 is 4.39 Å². The predicted octanol–water partition coefficient (Wildman–Crippen LogP) is 6.00. The van der Waals surface area contributed by atoms with Crippen LogP contribution in [0.4, 0.5) is 8.78 Å². The molecular weight excluding hydrogens is 649 g/mol. The topological polar surface area (TPSA) is 109 Å². The average molecular weight is 684 g/mol. The van der Waals surface area contributed by atoms with Crippen molar-refractivity contribution >= 4 is 17.3 Å². The molecule has 3 heterocycles. The normalized spacial score (nSPS) is 16.4. The van der Waals surface area contributed by atoms with Gasteiger partial charge in [-0.05, 0) is 42.9 Å². The molecule has 3 aromatic carbocycles. The fourth-order valence-electron chi connectivity index (χ4n) is 6.23. The van der Waals surface area contributed by atoms with Crippen molar-refractivity contribution in [1.29, 1.82) is 5.26 Å². The summed E-state index contributed by atoms with van der Waals surface area (Å²) in [6.07, 6.45) is 1.42. The molecule has 3 atom stereocenters. The summed E-state index contributed by atoms with van der Waals surface area (Å²) in [5.74, 6) is -3.31. The Hall–Kier alpha value is -4.87. The van der Waals surface area contributed by atoms with Crippen molar-refractivity contribution in [2.45, 2.75) is 31.2 Å². The van der Waals surface area contributed by atoms with Crippen molar-refractivity contribution in [3.05, 3.63) is 124 Å². The Morgan fingerprint density at radius 1 is 1.08 bits per heavy atom. The van der Waals surface area contributed by atoms with Gasteiger partial charge in [-0.1, -0.05) is 37.3 Å². The lowest BCUT2D eigenvalue weighted by Crippen LogP contribution is -2.47. The molecule has 5 aromatic rings. The molecule has 0 spiro atoms. The fourth-order valence-corrected chi connectivity index (χ4v) is 7.18. The Kier molecular flexibility index (Phi) is 10.2. The van der Waals surface area contributed by atoms with Crippen LogP contribution in [-0.4, -0.2) is 75.9 Å². The van der Waals surface area contributed by atoms with Crippen LogP contribution < -0.4 is 0 Å². The number of likely N-dealkylation sites (N-methyl/N-ethyl adjacent to an activating group) is 1. The van der Waals surface area contributed by atoms with Gasteiger partial charge in [-0.15, -0.1) is 11.3 Å². The van der Waals surface area contributed by atoms with E-state index in [1.54, 1.807) is 43.3 Å². The zero-order chi connectivity index (χ0) is 34.5. The molecule has 252 valence electrons. The number of ether oxygens (including phenoxy) is 2. The maximum absolute atomic E-state index is 16.2. The molecule has 6 rings (SSSR count). The van der Waals surface area contributed by atoms with Gasteiger partial charge in [-0.25, -0.2) is 28.2 Å². The zero-order valence-corrected chi connectivity index (χ0v) is 28.1. The number of thiazole rings is 1. The number of nitrogens with zero attached hydrogens (tertiary/aromatic N) is 7. The average Bonchev–Trinajstić information content (AvgIpc) is 3.83. The van der Waals surface area contributed by atoms with E-state index in [0.29, 0.717) is 28.4 Å². The van der Waals surface area contributed by atoms with Crippen molar-refractivity contribution < 1.29 is 23.0 Å². The first kappa shape index (κ1) is 34.0. The summed E-state index contributed by atoms with van der Waals surface area (Å²) in [5.41, 5.74) is 0.859. The lowest BCUT2D eigenvalue weighted by molar-refractivity contribution is -0.162. The van der Waals surface area contributed by atoms with Gasteiger partial charge in [0.1, 0.15) is 29.3 Å². The molecule has 0 radical (unpaired) electrons. The van der Waals surface area contributed by atoms with Crippen LogP contribution in [0.5, 0.6) is 0 Å². The minimum atomic E-state index is -1.97. The molecule has 0 amide bonds. The molecule has 1 aliphatic heterocycles. The highest BCUT2D eigenvalue weighted by atomic mass is 32.1. The van der Waals surface area contributed by atoms with Crippen molar-refractivity contribution in [3.8, 4) is 17.3 Å². The number of rotatable bonds is 11. The molecule has 2 aromatic heterocycles. The van der Waals surface area contributed by atoms with E-state index in [2.05, 4.69) is 33.0 Å². The first-order chi connectivity index (χ1) is 23.7. The molecule has 1 aliphatic rings. The van der Waals surface area contributed by atoms with Crippen molar-refractivity contribution in [1.82, 2.24) is 29.5 Å². The number of esters is 1. The summed E-state index contributed by atoms with van der Waals surface area (Å²) >= 11 is 1.29. The number of carbonyl (C=O) groups excluding carboxylic acids is 1. The Morgan fingerprint density at radius 3 is 2.51 bits per heavy atom. The number of aromatic nitrogens is 4. The quantitative estimate of drug-likeness (QED) is 0.155. The third kappa shape index (κ3) is 7.00. The van der Waals surface area contributed by atoms with Crippen LogP contribution >= 0.6 is 11.3 Å². The van der Waals surface area contributed by atoms with Gasteiger partial charge in [0, 0.05) is 62.4 Å². The Morgan fingerprint density at radius 2 is 1.84 bits per heavy atom. The summed E-state index contributed by atoms with van der Waals surface area (Å²) in [6, 6.07) is 19.4. The number of benzene rings is 3. The van der Waals surface area contributed by atoms with Gasteiger partial charge < -0.3 is 14.4 Å². The number of methoxy groups -OCH3 is 1. The molecule has 1 saturated heterocycles. The van der Waals surface area contributed by atoms with Gasteiger partial charge in [0.2, 0.25) is 0 Å². The largest absolute Gasteiger partial charge is 0.445 e. The maximum atomic E-state index is 16.2. The Labute approximate surface area is 287 Å². The van der Waals surface area contributed by atoms with E-state index < -0.39 is 35.4 Å². The van der Waals surface area contributed by atoms with Crippen molar-refractivity contribution in [2.24, 2.45) is 0 Å². The molecule has 0 bridgehead atoms. The van der Waals surface area contributed by atoms with Crippen LogP contribution in [0.3, 0.4) is 0 Å². The molecule has 1 unspecified atom stereocenters. The summed E-state index contributed by atoms with van der Waals surface area (Å²) in [7, 11) is 3.48. The van der Waals surface area contributed by atoms with E-state index in [4.69, 9.17) is 14.5 Å². The summed E-state index contributed by atoms with van der Waals surface area (Å²) in [6.45, 7) is 5.77. The number of carbonyl (C=O) groups is 1. The first-order valence-corrected chi connectivity index (χ1v) is 16.6. The van der Waals surface area contributed by atoms with Gasteiger partial charge in [0.05, 0.1) is 28.8 Å². The Balaban J connectivity index is 1.48. The van der Waals surface area contributed by atoms with E-state index in [0.717, 1.165) is 49.4 Å². The molecule has 1 fully saturated rings. The lowest BCUT2D eigenvalue weighted by Gasteiger charge is -2.43. The summed E-state index contributed by atoms with van der Waals surface area (Å²) in [4.78, 5) is 28.0. The van der Waals surface area contributed by atoms with Crippen molar-refractivity contribution in [3.63, 3.8) is 0 Å².